The van der Waals surface area contributed by atoms with E-state index in [1.54, 1.807) is 12.3 Å². The Kier molecular flexibility index (Phi) is 3.82. The van der Waals surface area contributed by atoms with Gasteiger partial charge in [-0.25, -0.2) is 4.98 Å². The molecule has 0 aliphatic heterocycles. The molecule has 3 heteroatoms. The molecule has 1 unspecified atom stereocenters. The molecule has 18 heavy (non-hydrogen) atoms. The minimum Gasteiger partial charge on any atom is -0.508 e. The van der Waals surface area contributed by atoms with E-state index in [-0.39, 0.29) is 6.04 Å². The number of aromatic hydroxyl groups is 1. The van der Waals surface area contributed by atoms with Crippen molar-refractivity contribution in [3.05, 3.63) is 54.2 Å². The van der Waals surface area contributed by atoms with Gasteiger partial charge in [-0.1, -0.05) is 38.1 Å². The van der Waals surface area contributed by atoms with Gasteiger partial charge in [0, 0.05) is 11.8 Å². The molecule has 94 valence electrons. The molecule has 0 aliphatic rings. The second-order valence-corrected chi connectivity index (χ2v) is 4.64. The highest BCUT2D eigenvalue weighted by atomic mass is 16.3. The molecule has 0 bridgehead atoms. The lowest BCUT2D eigenvalue weighted by Gasteiger charge is -2.24. The molecular formula is C15H18N2O. The molecule has 2 N–H and O–H groups in total. The van der Waals surface area contributed by atoms with Crippen molar-refractivity contribution < 1.29 is 5.11 Å². The van der Waals surface area contributed by atoms with Crippen LogP contribution in [0.5, 0.6) is 5.75 Å². The molecule has 0 aliphatic carbocycles. The van der Waals surface area contributed by atoms with Crippen LogP contribution < -0.4 is 5.32 Å². The van der Waals surface area contributed by atoms with E-state index in [9.17, 15) is 5.11 Å². The summed E-state index contributed by atoms with van der Waals surface area (Å²) in [5, 5.41) is 13.3. The van der Waals surface area contributed by atoms with Gasteiger partial charge >= 0.3 is 0 Å². The van der Waals surface area contributed by atoms with Crippen molar-refractivity contribution in [2.24, 2.45) is 5.92 Å². The number of nitrogens with one attached hydrogen (secondary N) is 1. The maximum absolute atomic E-state index is 9.95. The molecule has 0 spiro atoms. The number of phenols is 1. The molecule has 0 saturated heterocycles. The zero-order valence-corrected chi connectivity index (χ0v) is 10.7. The zero-order valence-electron chi connectivity index (χ0n) is 10.7. The van der Waals surface area contributed by atoms with Crippen LogP contribution in [-0.4, -0.2) is 10.1 Å². The number of hydrogen-bond acceptors (Lipinski definition) is 3. The summed E-state index contributed by atoms with van der Waals surface area (Å²) in [5.41, 5.74) is 0.901. The molecular weight excluding hydrogens is 224 g/mol. The average molecular weight is 242 g/mol. The minimum absolute atomic E-state index is 0.0427. The summed E-state index contributed by atoms with van der Waals surface area (Å²) < 4.78 is 0. The summed E-state index contributed by atoms with van der Waals surface area (Å²) in [5.74, 6) is 1.49. The molecule has 0 saturated carbocycles. The Labute approximate surface area is 108 Å². The maximum atomic E-state index is 9.95. The highest BCUT2D eigenvalue weighted by molar-refractivity contribution is 5.42. The number of hydrogen-bond donors (Lipinski definition) is 2. The van der Waals surface area contributed by atoms with E-state index in [4.69, 9.17) is 0 Å². The Balaban J connectivity index is 2.27. The lowest BCUT2D eigenvalue weighted by Crippen LogP contribution is -2.17. The molecule has 2 rings (SSSR count). The van der Waals surface area contributed by atoms with Crippen molar-refractivity contribution >= 4 is 5.82 Å². The molecule has 1 aromatic carbocycles. The fourth-order valence-corrected chi connectivity index (χ4v) is 1.96. The first-order valence-electron chi connectivity index (χ1n) is 6.14. The topological polar surface area (TPSA) is 45.2 Å². The molecule has 1 atom stereocenters. The summed E-state index contributed by atoms with van der Waals surface area (Å²) in [4.78, 5) is 4.26. The second-order valence-electron chi connectivity index (χ2n) is 4.64. The van der Waals surface area contributed by atoms with Crippen molar-refractivity contribution in [1.29, 1.82) is 0 Å². The fourth-order valence-electron chi connectivity index (χ4n) is 1.96. The Hall–Kier alpha value is -2.03. The Morgan fingerprint density at radius 3 is 2.39 bits per heavy atom. The number of rotatable bonds is 4. The van der Waals surface area contributed by atoms with Gasteiger partial charge in [-0.05, 0) is 24.1 Å². The number of phenolic OH excluding ortho intramolecular Hbond substituents is 1. The number of benzene rings is 1. The van der Waals surface area contributed by atoms with Gasteiger partial charge in [-0.15, -0.1) is 0 Å². The summed E-state index contributed by atoms with van der Waals surface area (Å²) in [6.45, 7) is 4.24. The van der Waals surface area contributed by atoms with E-state index >= 15 is 0 Å². The van der Waals surface area contributed by atoms with E-state index in [0.29, 0.717) is 11.7 Å². The minimum atomic E-state index is 0.0427. The summed E-state index contributed by atoms with van der Waals surface area (Å²) in [7, 11) is 0. The van der Waals surface area contributed by atoms with Gasteiger partial charge in [0.15, 0.2) is 0 Å². The van der Waals surface area contributed by atoms with Crippen LogP contribution in [0.1, 0.15) is 25.5 Å². The number of pyridine rings is 1. The Morgan fingerprint density at radius 2 is 1.78 bits per heavy atom. The van der Waals surface area contributed by atoms with Crippen LogP contribution in [0.4, 0.5) is 5.82 Å². The van der Waals surface area contributed by atoms with Crippen LogP contribution in [0.15, 0.2) is 48.7 Å². The van der Waals surface area contributed by atoms with Gasteiger partial charge in [0.1, 0.15) is 11.6 Å². The third-order valence-corrected chi connectivity index (χ3v) is 2.91. The summed E-state index contributed by atoms with van der Waals surface area (Å²) >= 11 is 0. The van der Waals surface area contributed by atoms with Gasteiger partial charge < -0.3 is 10.4 Å². The fraction of sp³-hybridized carbons (Fsp3) is 0.267. The van der Waals surface area contributed by atoms with Crippen molar-refractivity contribution in [3.63, 3.8) is 0 Å². The molecule has 0 fully saturated rings. The highest BCUT2D eigenvalue weighted by Crippen LogP contribution is 2.31. The van der Waals surface area contributed by atoms with Crippen molar-refractivity contribution in [3.8, 4) is 5.75 Å². The predicted molar refractivity (Wildman–Crippen MR) is 73.5 cm³/mol. The van der Waals surface area contributed by atoms with Gasteiger partial charge in [0.2, 0.25) is 0 Å². The monoisotopic (exact) mass is 242 g/mol. The lowest BCUT2D eigenvalue weighted by atomic mass is 9.95. The number of aromatic nitrogens is 1. The van der Waals surface area contributed by atoms with E-state index in [1.807, 2.05) is 36.4 Å². The summed E-state index contributed by atoms with van der Waals surface area (Å²) in [6.07, 6.45) is 1.75. The van der Waals surface area contributed by atoms with Gasteiger partial charge in [0.25, 0.3) is 0 Å². The van der Waals surface area contributed by atoms with Gasteiger partial charge in [-0.2, -0.15) is 0 Å². The summed E-state index contributed by atoms with van der Waals surface area (Å²) in [6, 6.07) is 13.2. The van der Waals surface area contributed by atoms with Crippen LogP contribution in [0.2, 0.25) is 0 Å². The van der Waals surface area contributed by atoms with Gasteiger partial charge in [0.05, 0.1) is 6.04 Å². The quantitative estimate of drug-likeness (QED) is 0.861. The van der Waals surface area contributed by atoms with E-state index in [2.05, 4.69) is 24.1 Å². The van der Waals surface area contributed by atoms with Crippen LogP contribution >= 0.6 is 0 Å². The molecule has 0 radical (unpaired) electrons. The van der Waals surface area contributed by atoms with E-state index in [1.165, 1.54) is 0 Å². The number of anilines is 1. The van der Waals surface area contributed by atoms with E-state index in [0.717, 1.165) is 11.4 Å². The first-order chi connectivity index (χ1) is 8.68. The first-order valence-corrected chi connectivity index (χ1v) is 6.14. The third kappa shape index (κ3) is 2.80. The van der Waals surface area contributed by atoms with Gasteiger partial charge in [-0.3, -0.25) is 0 Å². The largest absolute Gasteiger partial charge is 0.508 e. The average Bonchev–Trinajstić information content (AvgIpc) is 2.38. The van der Waals surface area contributed by atoms with Crippen LogP contribution in [0, 0.1) is 5.92 Å². The third-order valence-electron chi connectivity index (χ3n) is 2.91. The predicted octanol–water partition coefficient (Wildman–Crippen LogP) is 3.60. The Morgan fingerprint density at radius 1 is 1.06 bits per heavy atom. The second kappa shape index (κ2) is 5.54. The van der Waals surface area contributed by atoms with E-state index < -0.39 is 0 Å². The van der Waals surface area contributed by atoms with Crippen molar-refractivity contribution in [1.82, 2.24) is 4.98 Å². The maximum Gasteiger partial charge on any atom is 0.126 e. The van der Waals surface area contributed by atoms with Crippen LogP contribution in [-0.2, 0) is 0 Å². The first kappa shape index (κ1) is 12.4. The molecule has 0 amide bonds. The number of nitrogens with zero attached hydrogens (tertiary/aromatic N) is 1. The zero-order chi connectivity index (χ0) is 13.0. The normalized spacial score (nSPS) is 12.4. The highest BCUT2D eigenvalue weighted by Gasteiger charge is 2.18. The SMILES string of the molecule is CC(C)C(Nc1ccccn1)c1ccccc1O. The molecule has 1 heterocycles. The lowest BCUT2D eigenvalue weighted by molar-refractivity contribution is 0.448. The molecule has 1 aromatic heterocycles. The van der Waals surface area contributed by atoms with Crippen LogP contribution in [0.3, 0.4) is 0 Å². The molecule has 3 nitrogen and oxygen atoms in total. The van der Waals surface area contributed by atoms with Crippen LogP contribution in [0.25, 0.3) is 0 Å². The Bertz CT molecular complexity index is 497. The number of para-hydroxylation sites is 1. The van der Waals surface area contributed by atoms with Crippen molar-refractivity contribution in [2.45, 2.75) is 19.9 Å². The van der Waals surface area contributed by atoms with Crippen molar-refractivity contribution in [2.75, 3.05) is 5.32 Å². The standard InChI is InChI=1S/C15H18N2O/c1-11(2)15(12-7-3-4-8-13(12)18)17-14-9-5-6-10-16-14/h3-11,15,18H,1-2H3,(H,16,17). The molecule has 2 aromatic rings. The smallest absolute Gasteiger partial charge is 0.126 e.